The Kier molecular flexibility index (Phi) is 9.51. The van der Waals surface area contributed by atoms with Crippen molar-refractivity contribution in [2.75, 3.05) is 27.7 Å². The number of hydrogen-bond donors (Lipinski definition) is 5. The summed E-state index contributed by atoms with van der Waals surface area (Å²) in [4.78, 5) is 21.7. The molecule has 1 fully saturated rings. The van der Waals surface area contributed by atoms with E-state index in [9.17, 15) is 14.7 Å². The molecule has 0 aliphatic heterocycles. The zero-order valence-corrected chi connectivity index (χ0v) is 17.0. The molecule has 164 valence electrons. The van der Waals surface area contributed by atoms with Gasteiger partial charge in [-0.3, -0.25) is 0 Å². The third-order valence-electron chi connectivity index (χ3n) is 5.00. The van der Waals surface area contributed by atoms with E-state index in [2.05, 4.69) is 19.0 Å². The molecule has 0 saturated heterocycles. The van der Waals surface area contributed by atoms with E-state index in [0.29, 0.717) is 5.92 Å². The van der Waals surface area contributed by atoms with Crippen LogP contribution >= 0.6 is 0 Å². The van der Waals surface area contributed by atoms with Crippen LogP contribution in [0.5, 0.6) is 5.75 Å². The topological polar surface area (TPSA) is 148 Å². The van der Waals surface area contributed by atoms with Gasteiger partial charge >= 0.3 is 11.9 Å². The fourth-order valence-corrected chi connectivity index (χ4v) is 3.45. The third-order valence-corrected chi connectivity index (χ3v) is 5.00. The minimum absolute atomic E-state index is 0.295. The molecule has 0 amide bonds. The highest BCUT2D eigenvalue weighted by Crippen LogP contribution is 2.42. The monoisotopic (exact) mass is 413 g/mol. The van der Waals surface area contributed by atoms with Crippen LogP contribution in [0, 0.1) is 5.92 Å². The lowest BCUT2D eigenvalue weighted by molar-refractivity contribution is -0.165. The predicted molar refractivity (Wildman–Crippen MR) is 105 cm³/mol. The van der Waals surface area contributed by atoms with Crippen molar-refractivity contribution in [1.29, 1.82) is 0 Å². The molecule has 0 heterocycles. The summed E-state index contributed by atoms with van der Waals surface area (Å²) in [6, 6.07) is 7.90. The van der Waals surface area contributed by atoms with E-state index in [0.717, 1.165) is 37.1 Å². The average molecular weight is 413 g/mol. The van der Waals surface area contributed by atoms with Gasteiger partial charge in [-0.25, -0.2) is 9.59 Å². The van der Waals surface area contributed by atoms with Crippen LogP contribution in [0.2, 0.25) is 0 Å². The Balaban J connectivity index is 0.000000359. The summed E-state index contributed by atoms with van der Waals surface area (Å²) in [7, 11) is 5.81. The van der Waals surface area contributed by atoms with Crippen molar-refractivity contribution >= 4 is 11.9 Å². The molecular weight excluding hydrogens is 382 g/mol. The molecule has 9 heteroatoms. The van der Waals surface area contributed by atoms with Gasteiger partial charge in [0.1, 0.15) is 5.75 Å². The van der Waals surface area contributed by atoms with E-state index in [-0.39, 0.29) is 0 Å². The number of carbonyl (C=O) groups is 2. The fraction of sp³-hybridized carbons (Fsp3) is 0.600. The summed E-state index contributed by atoms with van der Waals surface area (Å²) in [5.74, 6) is -2.42. The van der Waals surface area contributed by atoms with E-state index in [1.807, 2.05) is 24.3 Å². The lowest BCUT2D eigenvalue weighted by Crippen LogP contribution is -2.43. The van der Waals surface area contributed by atoms with Crippen LogP contribution in [0.1, 0.15) is 31.2 Å². The number of nitrogens with zero attached hydrogens (tertiary/aromatic N) is 1. The molecule has 1 aromatic rings. The van der Waals surface area contributed by atoms with Gasteiger partial charge in [0.15, 0.2) is 12.2 Å². The SMILES string of the molecule is COc1cccc([C@]2(O)CCCC[C@H]2CN(C)C)c1.O=C(O)[C@H](O)[C@@H](O)C(=O)O. The van der Waals surface area contributed by atoms with Gasteiger partial charge < -0.3 is 35.2 Å². The van der Waals surface area contributed by atoms with Crippen LogP contribution in [0.4, 0.5) is 0 Å². The molecule has 0 spiro atoms. The molecule has 1 aliphatic rings. The summed E-state index contributed by atoms with van der Waals surface area (Å²) < 4.78 is 5.29. The summed E-state index contributed by atoms with van der Waals surface area (Å²) in [6.45, 7) is 0.924. The smallest absolute Gasteiger partial charge is 0.335 e. The largest absolute Gasteiger partial charge is 0.497 e. The second-order valence-electron chi connectivity index (χ2n) is 7.43. The molecule has 1 saturated carbocycles. The minimum atomic E-state index is -2.27. The highest BCUT2D eigenvalue weighted by Gasteiger charge is 2.40. The highest BCUT2D eigenvalue weighted by atomic mass is 16.5. The lowest BCUT2D eigenvalue weighted by Gasteiger charge is -2.41. The van der Waals surface area contributed by atoms with Crippen LogP contribution in [0.25, 0.3) is 0 Å². The Labute approximate surface area is 170 Å². The number of ether oxygens (including phenoxy) is 1. The van der Waals surface area contributed by atoms with E-state index in [1.54, 1.807) is 7.11 Å². The van der Waals surface area contributed by atoms with Crippen LogP contribution in [-0.4, -0.2) is 82.3 Å². The molecule has 5 N–H and O–H groups in total. The standard InChI is InChI=1S/C16H25NO2.C4H6O6/c1-17(2)12-14-7-4-5-10-16(14,18)13-8-6-9-15(11-13)19-3;5-1(3(7)8)2(6)4(9)10/h6,8-9,11,14,18H,4-5,7,10,12H2,1-3H3;1-2,5-6H,(H,7,8)(H,9,10)/t14-,16+;1-,2-/m01/s1. The first-order chi connectivity index (χ1) is 13.5. The number of methoxy groups -OCH3 is 1. The first-order valence-electron chi connectivity index (χ1n) is 9.36. The molecule has 4 atom stereocenters. The molecule has 0 unspecified atom stereocenters. The number of carboxylic acids is 2. The van der Waals surface area contributed by atoms with Crippen molar-refractivity contribution in [3.8, 4) is 5.75 Å². The van der Waals surface area contributed by atoms with E-state index < -0.39 is 29.7 Å². The Bertz CT molecular complexity index is 662. The van der Waals surface area contributed by atoms with Crippen molar-refractivity contribution < 1.29 is 39.9 Å². The molecule has 1 aliphatic carbocycles. The first kappa shape index (κ1) is 24.8. The van der Waals surface area contributed by atoms with Crippen LogP contribution in [0.15, 0.2) is 24.3 Å². The summed E-state index contributed by atoms with van der Waals surface area (Å²) in [5, 5.41) is 43.7. The van der Waals surface area contributed by atoms with Gasteiger partial charge in [-0.2, -0.15) is 0 Å². The van der Waals surface area contributed by atoms with E-state index in [4.69, 9.17) is 25.2 Å². The van der Waals surface area contributed by atoms with Crippen LogP contribution in [-0.2, 0) is 15.2 Å². The van der Waals surface area contributed by atoms with E-state index in [1.165, 1.54) is 6.42 Å². The maximum absolute atomic E-state index is 11.2. The Morgan fingerprint density at radius 2 is 1.76 bits per heavy atom. The fourth-order valence-electron chi connectivity index (χ4n) is 3.45. The minimum Gasteiger partial charge on any atom is -0.497 e. The zero-order valence-electron chi connectivity index (χ0n) is 17.0. The Morgan fingerprint density at radius 1 is 1.17 bits per heavy atom. The zero-order chi connectivity index (χ0) is 22.2. The molecule has 0 bridgehead atoms. The van der Waals surface area contributed by atoms with Gasteiger partial charge in [0.05, 0.1) is 12.7 Å². The maximum Gasteiger partial charge on any atom is 0.335 e. The number of rotatable bonds is 7. The number of aliphatic hydroxyl groups is 3. The van der Waals surface area contributed by atoms with Crippen molar-refractivity contribution in [1.82, 2.24) is 4.90 Å². The molecular formula is C20H31NO8. The number of aliphatic carboxylic acids is 2. The summed E-state index contributed by atoms with van der Waals surface area (Å²) in [6.07, 6.45) is -0.289. The number of benzene rings is 1. The second-order valence-corrected chi connectivity index (χ2v) is 7.43. The quantitative estimate of drug-likeness (QED) is 0.431. The average Bonchev–Trinajstić information content (AvgIpc) is 2.68. The van der Waals surface area contributed by atoms with Crippen LogP contribution in [0.3, 0.4) is 0 Å². The normalized spacial score (nSPS) is 23.5. The van der Waals surface area contributed by atoms with Gasteiger partial charge in [0.2, 0.25) is 0 Å². The molecule has 2 rings (SSSR count). The number of carboxylic acid groups (broad SMARTS) is 2. The maximum atomic E-state index is 11.2. The van der Waals surface area contributed by atoms with Gasteiger partial charge in [0.25, 0.3) is 0 Å². The van der Waals surface area contributed by atoms with Crippen molar-refractivity contribution in [3.63, 3.8) is 0 Å². The van der Waals surface area contributed by atoms with Gasteiger partial charge in [0, 0.05) is 12.5 Å². The molecule has 29 heavy (non-hydrogen) atoms. The first-order valence-corrected chi connectivity index (χ1v) is 9.36. The van der Waals surface area contributed by atoms with Gasteiger partial charge in [-0.05, 0) is 44.6 Å². The van der Waals surface area contributed by atoms with E-state index >= 15 is 0 Å². The number of hydrogen-bond acceptors (Lipinski definition) is 7. The summed E-state index contributed by atoms with van der Waals surface area (Å²) >= 11 is 0. The van der Waals surface area contributed by atoms with Crippen LogP contribution < -0.4 is 4.74 Å². The predicted octanol–water partition coefficient (Wildman–Crippen LogP) is 0.512. The number of aliphatic hydroxyl groups excluding tert-OH is 2. The Hall–Kier alpha value is -2.20. The molecule has 1 aromatic carbocycles. The van der Waals surface area contributed by atoms with Gasteiger partial charge in [-0.15, -0.1) is 0 Å². The van der Waals surface area contributed by atoms with Gasteiger partial charge in [-0.1, -0.05) is 25.0 Å². The molecule has 0 radical (unpaired) electrons. The molecule has 0 aromatic heterocycles. The lowest BCUT2D eigenvalue weighted by atomic mass is 9.71. The second kappa shape index (κ2) is 11.1. The van der Waals surface area contributed by atoms with Crippen molar-refractivity contribution in [3.05, 3.63) is 29.8 Å². The third kappa shape index (κ3) is 6.97. The van der Waals surface area contributed by atoms with Crippen molar-refractivity contribution in [2.45, 2.75) is 43.5 Å². The van der Waals surface area contributed by atoms with Crippen molar-refractivity contribution in [2.24, 2.45) is 5.92 Å². The summed E-state index contributed by atoms with van der Waals surface area (Å²) in [5.41, 5.74) is 0.287. The highest BCUT2D eigenvalue weighted by molar-refractivity contribution is 5.83. The Morgan fingerprint density at radius 3 is 2.24 bits per heavy atom. The molecule has 9 nitrogen and oxygen atoms in total.